The molecule has 0 radical (unpaired) electrons. The Bertz CT molecular complexity index is 513. The van der Waals surface area contributed by atoms with Crippen LogP contribution in [0.25, 0.3) is 0 Å². The highest BCUT2D eigenvalue weighted by Crippen LogP contribution is 2.20. The van der Waals surface area contributed by atoms with E-state index < -0.39 is 0 Å². The Morgan fingerprint density at radius 3 is 2.70 bits per heavy atom. The van der Waals surface area contributed by atoms with E-state index in [1.165, 1.54) is 11.8 Å². The van der Waals surface area contributed by atoms with Gasteiger partial charge >= 0.3 is 0 Å². The minimum absolute atomic E-state index is 0.213. The summed E-state index contributed by atoms with van der Waals surface area (Å²) in [7, 11) is 0. The van der Waals surface area contributed by atoms with Crippen LogP contribution in [0.4, 0.5) is 4.39 Å². The van der Waals surface area contributed by atoms with Gasteiger partial charge in [-0.3, -0.25) is 4.98 Å². The van der Waals surface area contributed by atoms with Crippen LogP contribution in [0.15, 0.2) is 48.8 Å². The zero-order valence-electron chi connectivity index (χ0n) is 11.8. The van der Waals surface area contributed by atoms with Crippen molar-refractivity contribution in [1.82, 2.24) is 10.3 Å². The van der Waals surface area contributed by atoms with Crippen molar-refractivity contribution in [2.45, 2.75) is 32.2 Å². The van der Waals surface area contributed by atoms with E-state index in [0.717, 1.165) is 24.9 Å². The zero-order chi connectivity index (χ0) is 14.2. The highest BCUT2D eigenvalue weighted by atomic mass is 19.1. The van der Waals surface area contributed by atoms with Gasteiger partial charge in [-0.1, -0.05) is 37.3 Å². The lowest BCUT2D eigenvalue weighted by atomic mass is 9.99. The third-order valence-electron chi connectivity index (χ3n) is 3.40. The van der Waals surface area contributed by atoms with Crippen LogP contribution >= 0.6 is 0 Å². The molecule has 1 atom stereocenters. The topological polar surface area (TPSA) is 24.9 Å². The summed E-state index contributed by atoms with van der Waals surface area (Å²) in [6, 6.07) is 12.4. The van der Waals surface area contributed by atoms with Crippen molar-refractivity contribution in [1.29, 1.82) is 0 Å². The van der Waals surface area contributed by atoms with Gasteiger partial charge in [-0.25, -0.2) is 4.39 Å². The molecule has 2 rings (SSSR count). The third-order valence-corrected chi connectivity index (χ3v) is 3.40. The van der Waals surface area contributed by atoms with Crippen molar-refractivity contribution in [3.63, 3.8) is 0 Å². The second-order valence-corrected chi connectivity index (χ2v) is 4.92. The zero-order valence-corrected chi connectivity index (χ0v) is 11.8. The van der Waals surface area contributed by atoms with Gasteiger partial charge in [0.2, 0.25) is 0 Å². The molecule has 0 bridgehead atoms. The molecule has 2 nitrogen and oxygen atoms in total. The number of aromatic nitrogens is 1. The van der Waals surface area contributed by atoms with E-state index in [0.29, 0.717) is 6.42 Å². The molecule has 0 amide bonds. The van der Waals surface area contributed by atoms with Gasteiger partial charge < -0.3 is 5.32 Å². The minimum atomic E-state index is -0.213. The first-order valence-corrected chi connectivity index (χ1v) is 7.18. The number of benzene rings is 1. The van der Waals surface area contributed by atoms with Gasteiger partial charge in [0.1, 0.15) is 5.82 Å². The molecule has 1 heterocycles. The number of aryl methyl sites for hydroxylation is 1. The molecule has 1 N–H and O–H groups in total. The van der Waals surface area contributed by atoms with Gasteiger partial charge in [-0.15, -0.1) is 0 Å². The lowest BCUT2D eigenvalue weighted by Gasteiger charge is -2.19. The van der Waals surface area contributed by atoms with Crippen molar-refractivity contribution in [3.8, 4) is 0 Å². The molecule has 0 spiro atoms. The maximum absolute atomic E-state index is 13.6. The summed E-state index contributed by atoms with van der Waals surface area (Å²) in [6.45, 7) is 3.12. The standard InChI is InChI=1S/C17H21FN2/c1-2-11-20-17(15-6-4-3-5-7-15)9-8-14-10-12-19-13-16(14)18/h3-7,10,12-13,17,20H,2,8-9,11H2,1H3. The van der Waals surface area contributed by atoms with Crippen LogP contribution in [0, 0.1) is 5.82 Å². The molecule has 2 aromatic rings. The number of nitrogens with zero attached hydrogens (tertiary/aromatic N) is 1. The van der Waals surface area contributed by atoms with Crippen LogP contribution in [0.1, 0.15) is 36.9 Å². The summed E-state index contributed by atoms with van der Waals surface area (Å²) >= 11 is 0. The van der Waals surface area contributed by atoms with Crippen LogP contribution in [0.5, 0.6) is 0 Å². The molecule has 0 fully saturated rings. The Morgan fingerprint density at radius 1 is 1.20 bits per heavy atom. The predicted molar refractivity (Wildman–Crippen MR) is 80.0 cm³/mol. The maximum atomic E-state index is 13.6. The van der Waals surface area contributed by atoms with Crippen LogP contribution in [-0.4, -0.2) is 11.5 Å². The Hall–Kier alpha value is -1.74. The summed E-state index contributed by atoms with van der Waals surface area (Å²) < 4.78 is 13.6. The smallest absolute Gasteiger partial charge is 0.144 e. The normalized spacial score (nSPS) is 12.3. The summed E-state index contributed by atoms with van der Waals surface area (Å²) in [5, 5.41) is 3.54. The molecule has 20 heavy (non-hydrogen) atoms. The third kappa shape index (κ3) is 4.14. The minimum Gasteiger partial charge on any atom is -0.310 e. The van der Waals surface area contributed by atoms with Crippen molar-refractivity contribution >= 4 is 0 Å². The molecular formula is C17H21FN2. The van der Waals surface area contributed by atoms with Crippen LogP contribution < -0.4 is 5.32 Å². The molecule has 0 saturated heterocycles. The monoisotopic (exact) mass is 272 g/mol. The Morgan fingerprint density at radius 2 is 2.00 bits per heavy atom. The molecule has 106 valence electrons. The Kier molecular flexibility index (Phi) is 5.69. The number of halogens is 1. The highest BCUT2D eigenvalue weighted by Gasteiger charge is 2.11. The SMILES string of the molecule is CCCNC(CCc1ccncc1F)c1ccccc1. The van der Waals surface area contributed by atoms with Crippen molar-refractivity contribution in [3.05, 3.63) is 65.7 Å². The second-order valence-electron chi connectivity index (χ2n) is 4.92. The average molecular weight is 272 g/mol. The Labute approximate surface area is 120 Å². The first-order valence-electron chi connectivity index (χ1n) is 7.18. The predicted octanol–water partition coefficient (Wildman–Crippen LogP) is 3.89. The average Bonchev–Trinajstić information content (AvgIpc) is 2.50. The van der Waals surface area contributed by atoms with Crippen LogP contribution in [0.3, 0.4) is 0 Å². The molecule has 0 aliphatic rings. The number of rotatable bonds is 7. The highest BCUT2D eigenvalue weighted by molar-refractivity contribution is 5.20. The molecule has 1 aromatic carbocycles. The lowest BCUT2D eigenvalue weighted by Crippen LogP contribution is -2.22. The number of nitrogens with one attached hydrogen (secondary N) is 1. The Balaban J connectivity index is 2.03. The lowest BCUT2D eigenvalue weighted by molar-refractivity contribution is 0.492. The quantitative estimate of drug-likeness (QED) is 0.827. The van der Waals surface area contributed by atoms with E-state index >= 15 is 0 Å². The van der Waals surface area contributed by atoms with Gasteiger partial charge in [-0.05, 0) is 43.0 Å². The fourth-order valence-electron chi connectivity index (χ4n) is 2.30. The fourth-order valence-corrected chi connectivity index (χ4v) is 2.30. The van der Waals surface area contributed by atoms with E-state index in [-0.39, 0.29) is 11.9 Å². The van der Waals surface area contributed by atoms with Crippen molar-refractivity contribution in [2.24, 2.45) is 0 Å². The molecular weight excluding hydrogens is 251 g/mol. The first kappa shape index (κ1) is 14.7. The largest absolute Gasteiger partial charge is 0.310 e. The fraction of sp³-hybridized carbons (Fsp3) is 0.353. The van der Waals surface area contributed by atoms with Crippen LogP contribution in [-0.2, 0) is 6.42 Å². The van der Waals surface area contributed by atoms with Crippen molar-refractivity contribution in [2.75, 3.05) is 6.54 Å². The number of hydrogen-bond acceptors (Lipinski definition) is 2. The number of pyridine rings is 1. The number of hydrogen-bond donors (Lipinski definition) is 1. The van der Waals surface area contributed by atoms with E-state index in [1.54, 1.807) is 12.3 Å². The van der Waals surface area contributed by atoms with E-state index in [4.69, 9.17) is 0 Å². The summed E-state index contributed by atoms with van der Waals surface area (Å²) in [4.78, 5) is 3.79. The molecule has 3 heteroatoms. The van der Waals surface area contributed by atoms with Crippen LogP contribution in [0.2, 0.25) is 0 Å². The van der Waals surface area contributed by atoms with E-state index in [9.17, 15) is 4.39 Å². The van der Waals surface area contributed by atoms with E-state index in [2.05, 4.69) is 29.4 Å². The molecule has 0 saturated carbocycles. The maximum Gasteiger partial charge on any atom is 0.144 e. The van der Waals surface area contributed by atoms with Gasteiger partial charge in [0.15, 0.2) is 0 Å². The van der Waals surface area contributed by atoms with Gasteiger partial charge in [-0.2, -0.15) is 0 Å². The van der Waals surface area contributed by atoms with Gasteiger partial charge in [0.25, 0.3) is 0 Å². The summed E-state index contributed by atoms with van der Waals surface area (Å²) in [5.74, 6) is -0.213. The van der Waals surface area contributed by atoms with Crippen molar-refractivity contribution < 1.29 is 4.39 Å². The second kappa shape index (κ2) is 7.75. The summed E-state index contributed by atoms with van der Waals surface area (Å²) in [6.07, 6.45) is 5.62. The molecule has 1 aromatic heterocycles. The molecule has 0 aliphatic carbocycles. The molecule has 0 aliphatic heterocycles. The molecule has 1 unspecified atom stereocenters. The van der Waals surface area contributed by atoms with Gasteiger partial charge in [0.05, 0.1) is 6.20 Å². The van der Waals surface area contributed by atoms with Gasteiger partial charge in [0, 0.05) is 12.2 Å². The summed E-state index contributed by atoms with van der Waals surface area (Å²) in [5.41, 5.74) is 2.00. The first-order chi connectivity index (χ1) is 9.81. The van der Waals surface area contributed by atoms with E-state index in [1.807, 2.05) is 18.2 Å².